The van der Waals surface area contributed by atoms with Gasteiger partial charge >= 0.3 is 6.09 Å². The van der Waals surface area contributed by atoms with Crippen LogP contribution in [-0.2, 0) is 6.54 Å². The first-order valence-electron chi connectivity index (χ1n) is 8.60. The lowest BCUT2D eigenvalue weighted by atomic mass is 10.1. The molecule has 0 spiro atoms. The van der Waals surface area contributed by atoms with Crippen molar-refractivity contribution in [3.05, 3.63) is 84.2 Å². The average molecular weight is 376 g/mol. The van der Waals surface area contributed by atoms with Crippen molar-refractivity contribution in [3.8, 4) is 5.75 Å². The van der Waals surface area contributed by atoms with Crippen LogP contribution in [0.15, 0.2) is 73.1 Å². The van der Waals surface area contributed by atoms with Crippen molar-refractivity contribution in [1.82, 2.24) is 9.88 Å². The van der Waals surface area contributed by atoms with Crippen LogP contribution in [0.25, 0.3) is 0 Å². The monoisotopic (exact) mass is 376 g/mol. The second-order valence-electron chi connectivity index (χ2n) is 6.15. The molecule has 0 aliphatic rings. The third kappa shape index (κ3) is 4.85. The SMILES string of the molecule is CN(Cc1ccc(C(=O)Nc2ccccc2N)cc1)C(=O)Oc1cccnc1. The zero-order valence-corrected chi connectivity index (χ0v) is 15.3. The van der Waals surface area contributed by atoms with Gasteiger partial charge < -0.3 is 20.7 Å². The van der Waals surface area contributed by atoms with Gasteiger partial charge in [0.25, 0.3) is 5.91 Å². The maximum Gasteiger partial charge on any atom is 0.415 e. The molecule has 3 N–H and O–H groups in total. The summed E-state index contributed by atoms with van der Waals surface area (Å²) < 4.78 is 5.24. The number of ether oxygens (including phenoxy) is 1. The van der Waals surface area contributed by atoms with E-state index in [1.807, 2.05) is 0 Å². The second-order valence-corrected chi connectivity index (χ2v) is 6.15. The molecule has 142 valence electrons. The molecule has 28 heavy (non-hydrogen) atoms. The highest BCUT2D eigenvalue weighted by Gasteiger charge is 2.13. The normalized spacial score (nSPS) is 10.2. The molecule has 0 aliphatic carbocycles. The molecule has 0 atom stereocenters. The Labute approximate surface area is 162 Å². The fraction of sp³-hybridized carbons (Fsp3) is 0.0952. The van der Waals surface area contributed by atoms with Gasteiger partial charge in [-0.1, -0.05) is 24.3 Å². The molecule has 0 unspecified atom stereocenters. The number of nitrogens with two attached hydrogens (primary N) is 1. The van der Waals surface area contributed by atoms with E-state index in [0.29, 0.717) is 29.2 Å². The average Bonchev–Trinajstić information content (AvgIpc) is 2.71. The Morgan fingerprint density at radius 1 is 1.07 bits per heavy atom. The van der Waals surface area contributed by atoms with E-state index in [9.17, 15) is 9.59 Å². The van der Waals surface area contributed by atoms with Gasteiger partial charge in [-0.2, -0.15) is 0 Å². The van der Waals surface area contributed by atoms with Crippen LogP contribution in [0, 0.1) is 0 Å². The molecule has 0 aliphatic heterocycles. The fourth-order valence-electron chi connectivity index (χ4n) is 2.49. The van der Waals surface area contributed by atoms with Crippen LogP contribution in [0.3, 0.4) is 0 Å². The van der Waals surface area contributed by atoms with Crippen molar-refractivity contribution in [1.29, 1.82) is 0 Å². The Morgan fingerprint density at radius 3 is 2.50 bits per heavy atom. The Bertz CT molecular complexity index is 959. The molecule has 0 bridgehead atoms. The van der Waals surface area contributed by atoms with Crippen molar-refractivity contribution < 1.29 is 14.3 Å². The van der Waals surface area contributed by atoms with Gasteiger partial charge in [-0.3, -0.25) is 9.78 Å². The van der Waals surface area contributed by atoms with Crippen molar-refractivity contribution in [2.75, 3.05) is 18.1 Å². The number of nitrogens with zero attached hydrogens (tertiary/aromatic N) is 2. The largest absolute Gasteiger partial charge is 0.415 e. The molecular weight excluding hydrogens is 356 g/mol. The number of carbonyl (C=O) groups is 2. The van der Waals surface area contributed by atoms with Crippen molar-refractivity contribution in [3.63, 3.8) is 0 Å². The summed E-state index contributed by atoms with van der Waals surface area (Å²) in [7, 11) is 1.64. The van der Waals surface area contributed by atoms with Crippen molar-refractivity contribution >= 4 is 23.4 Å². The molecule has 2 aromatic carbocycles. The highest BCUT2D eigenvalue weighted by molar-refractivity contribution is 6.05. The minimum absolute atomic E-state index is 0.256. The van der Waals surface area contributed by atoms with Gasteiger partial charge in [-0.25, -0.2) is 4.79 Å². The number of carbonyl (C=O) groups excluding carboxylic acids is 2. The van der Waals surface area contributed by atoms with E-state index in [4.69, 9.17) is 10.5 Å². The van der Waals surface area contributed by atoms with E-state index in [1.165, 1.54) is 11.1 Å². The minimum atomic E-state index is -0.491. The van der Waals surface area contributed by atoms with Crippen molar-refractivity contribution in [2.24, 2.45) is 0 Å². The van der Waals surface area contributed by atoms with E-state index in [1.54, 1.807) is 73.9 Å². The predicted octanol–water partition coefficient (Wildman–Crippen LogP) is 3.55. The lowest BCUT2D eigenvalue weighted by Crippen LogP contribution is -2.29. The third-order valence-electron chi connectivity index (χ3n) is 4.00. The molecule has 0 saturated heterocycles. The number of nitrogen functional groups attached to an aromatic ring is 1. The quantitative estimate of drug-likeness (QED) is 0.664. The molecule has 3 aromatic rings. The molecular formula is C21H20N4O3. The number of anilines is 2. The maximum atomic E-state index is 12.4. The molecule has 0 saturated carbocycles. The molecule has 7 nitrogen and oxygen atoms in total. The molecule has 1 heterocycles. The first kappa shape index (κ1) is 18.9. The zero-order valence-electron chi connectivity index (χ0n) is 15.3. The van der Waals surface area contributed by atoms with Crippen LogP contribution in [0.5, 0.6) is 5.75 Å². The summed E-state index contributed by atoms with van der Waals surface area (Å²) in [6, 6.07) is 17.4. The fourth-order valence-corrected chi connectivity index (χ4v) is 2.49. The maximum absolute atomic E-state index is 12.4. The van der Waals surface area contributed by atoms with Crippen LogP contribution in [0.2, 0.25) is 0 Å². The summed E-state index contributed by atoms with van der Waals surface area (Å²) >= 11 is 0. The highest BCUT2D eigenvalue weighted by atomic mass is 16.6. The topological polar surface area (TPSA) is 97.6 Å². The number of nitrogens with one attached hydrogen (secondary N) is 1. The van der Waals surface area contributed by atoms with Gasteiger partial charge in [-0.15, -0.1) is 0 Å². The molecule has 0 fully saturated rings. The Morgan fingerprint density at radius 2 is 1.82 bits per heavy atom. The van der Waals surface area contributed by atoms with Crippen LogP contribution < -0.4 is 15.8 Å². The van der Waals surface area contributed by atoms with Crippen molar-refractivity contribution in [2.45, 2.75) is 6.54 Å². The minimum Gasteiger partial charge on any atom is -0.409 e. The third-order valence-corrected chi connectivity index (χ3v) is 4.00. The van der Waals surface area contributed by atoms with Crippen LogP contribution >= 0.6 is 0 Å². The standard InChI is InChI=1S/C21H20N4O3/c1-25(21(27)28-17-5-4-12-23-13-17)14-15-8-10-16(11-9-15)20(26)24-19-7-3-2-6-18(19)22/h2-13H,14,22H2,1H3,(H,24,26). The smallest absolute Gasteiger partial charge is 0.409 e. The van der Waals surface area contributed by atoms with E-state index in [-0.39, 0.29) is 5.91 Å². The lowest BCUT2D eigenvalue weighted by Gasteiger charge is -2.17. The van der Waals surface area contributed by atoms with Gasteiger partial charge in [0.2, 0.25) is 0 Å². The Kier molecular flexibility index (Phi) is 5.86. The zero-order chi connectivity index (χ0) is 19.9. The lowest BCUT2D eigenvalue weighted by molar-refractivity contribution is 0.102. The van der Waals surface area contributed by atoms with Gasteiger partial charge in [0.15, 0.2) is 5.75 Å². The second kappa shape index (κ2) is 8.68. The number of pyridine rings is 1. The summed E-state index contributed by atoms with van der Waals surface area (Å²) in [4.78, 5) is 29.8. The summed E-state index contributed by atoms with van der Waals surface area (Å²) in [6.07, 6.45) is 2.58. The summed E-state index contributed by atoms with van der Waals surface area (Å²) in [6.45, 7) is 0.340. The number of rotatable bonds is 5. The van der Waals surface area contributed by atoms with Gasteiger partial charge in [0.1, 0.15) is 0 Å². The summed E-state index contributed by atoms with van der Waals surface area (Å²) in [5.74, 6) is 0.125. The first-order chi connectivity index (χ1) is 13.5. The number of amides is 2. The molecule has 7 heteroatoms. The van der Waals surface area contributed by atoms with E-state index in [2.05, 4.69) is 10.3 Å². The van der Waals surface area contributed by atoms with Crippen LogP contribution in [0.4, 0.5) is 16.2 Å². The predicted molar refractivity (Wildman–Crippen MR) is 107 cm³/mol. The Balaban J connectivity index is 1.58. The number of hydrogen-bond acceptors (Lipinski definition) is 5. The van der Waals surface area contributed by atoms with Gasteiger partial charge in [-0.05, 0) is 42.0 Å². The number of para-hydroxylation sites is 2. The molecule has 2 amide bonds. The van der Waals surface area contributed by atoms with Gasteiger partial charge in [0.05, 0.1) is 17.6 Å². The van der Waals surface area contributed by atoms with Crippen LogP contribution in [0.1, 0.15) is 15.9 Å². The number of benzene rings is 2. The number of aromatic nitrogens is 1. The van der Waals surface area contributed by atoms with E-state index < -0.39 is 6.09 Å². The summed E-state index contributed by atoms with van der Waals surface area (Å²) in [5, 5.41) is 2.78. The highest BCUT2D eigenvalue weighted by Crippen LogP contribution is 2.18. The molecule has 1 aromatic heterocycles. The van der Waals surface area contributed by atoms with Crippen LogP contribution in [-0.4, -0.2) is 28.9 Å². The molecule has 3 rings (SSSR count). The Hall–Kier alpha value is -3.87. The summed E-state index contributed by atoms with van der Waals surface area (Å²) in [5.41, 5.74) is 8.26. The number of hydrogen-bond donors (Lipinski definition) is 2. The first-order valence-corrected chi connectivity index (χ1v) is 8.60. The van der Waals surface area contributed by atoms with E-state index >= 15 is 0 Å². The molecule has 0 radical (unpaired) electrons. The van der Waals surface area contributed by atoms with Gasteiger partial charge in [0, 0.05) is 25.4 Å². The van der Waals surface area contributed by atoms with E-state index in [0.717, 1.165) is 5.56 Å².